The van der Waals surface area contributed by atoms with Gasteiger partial charge in [-0.1, -0.05) is 6.92 Å². The van der Waals surface area contributed by atoms with Crippen LogP contribution in [0.4, 0.5) is 5.82 Å². The Morgan fingerprint density at radius 1 is 1.45 bits per heavy atom. The van der Waals surface area contributed by atoms with Gasteiger partial charge in [-0.25, -0.2) is 4.98 Å². The number of nitrogen functional groups attached to an aromatic ring is 1. The number of hydrogen-bond acceptors (Lipinski definition) is 4. The van der Waals surface area contributed by atoms with Crippen LogP contribution < -0.4 is 11.1 Å². The molecule has 106 valence electrons. The number of aryl methyl sites for hydroxylation is 2. The molecule has 2 heterocycles. The first-order valence-electron chi connectivity index (χ1n) is 6.61. The third-order valence-electron chi connectivity index (χ3n) is 3.11. The molecule has 0 spiro atoms. The highest BCUT2D eigenvalue weighted by molar-refractivity contribution is 5.94. The molecule has 6 heteroatoms. The molecule has 6 nitrogen and oxygen atoms in total. The maximum atomic E-state index is 12.1. The lowest BCUT2D eigenvalue weighted by molar-refractivity contribution is 0.0954. The Balaban J connectivity index is 1.95. The van der Waals surface area contributed by atoms with Gasteiger partial charge in [0.1, 0.15) is 5.82 Å². The van der Waals surface area contributed by atoms with Crippen LogP contribution in [0.25, 0.3) is 0 Å². The van der Waals surface area contributed by atoms with Gasteiger partial charge in [-0.2, -0.15) is 5.10 Å². The van der Waals surface area contributed by atoms with Gasteiger partial charge in [0.2, 0.25) is 0 Å². The summed E-state index contributed by atoms with van der Waals surface area (Å²) in [6.45, 7) is 2.54. The van der Waals surface area contributed by atoms with Crippen molar-refractivity contribution in [2.45, 2.75) is 19.8 Å². The molecule has 0 aliphatic rings. The second-order valence-electron chi connectivity index (χ2n) is 4.58. The Kier molecular flexibility index (Phi) is 4.34. The van der Waals surface area contributed by atoms with E-state index in [1.165, 1.54) is 0 Å². The highest BCUT2D eigenvalue weighted by Gasteiger charge is 2.08. The number of hydrogen-bond donors (Lipinski definition) is 2. The first-order valence-corrected chi connectivity index (χ1v) is 6.61. The molecule has 0 bridgehead atoms. The summed E-state index contributed by atoms with van der Waals surface area (Å²) in [4.78, 5) is 16.2. The smallest absolute Gasteiger partial charge is 0.251 e. The molecule has 2 rings (SSSR count). The molecule has 0 fully saturated rings. The second-order valence-corrected chi connectivity index (χ2v) is 4.58. The zero-order valence-electron chi connectivity index (χ0n) is 11.8. The average Bonchev–Trinajstić information content (AvgIpc) is 2.83. The van der Waals surface area contributed by atoms with Crippen molar-refractivity contribution in [3.63, 3.8) is 0 Å². The normalized spacial score (nSPS) is 10.5. The van der Waals surface area contributed by atoms with E-state index in [1.54, 1.807) is 23.0 Å². The summed E-state index contributed by atoms with van der Waals surface area (Å²) in [7, 11) is 1.88. The molecule has 0 unspecified atom stereocenters. The zero-order valence-corrected chi connectivity index (χ0v) is 11.8. The predicted molar refractivity (Wildman–Crippen MR) is 77.3 cm³/mol. The molecular formula is C14H19N5O. The van der Waals surface area contributed by atoms with Crippen molar-refractivity contribution >= 4 is 11.7 Å². The van der Waals surface area contributed by atoms with E-state index in [-0.39, 0.29) is 5.91 Å². The Bertz CT molecular complexity index is 605. The fraction of sp³-hybridized carbons (Fsp3) is 0.357. The molecule has 0 saturated carbocycles. The molecule has 0 aliphatic carbocycles. The largest absolute Gasteiger partial charge is 0.384 e. The third kappa shape index (κ3) is 3.34. The van der Waals surface area contributed by atoms with E-state index in [2.05, 4.69) is 15.4 Å². The Labute approximate surface area is 118 Å². The van der Waals surface area contributed by atoms with Crippen LogP contribution in [-0.4, -0.2) is 27.2 Å². The highest BCUT2D eigenvalue weighted by atomic mass is 16.1. The monoisotopic (exact) mass is 273 g/mol. The Hall–Kier alpha value is -2.37. The molecule has 0 aliphatic heterocycles. The van der Waals surface area contributed by atoms with E-state index < -0.39 is 0 Å². The van der Waals surface area contributed by atoms with Crippen LogP contribution in [0.15, 0.2) is 24.4 Å². The minimum absolute atomic E-state index is 0.129. The minimum atomic E-state index is -0.129. The van der Waals surface area contributed by atoms with Crippen molar-refractivity contribution in [1.82, 2.24) is 20.1 Å². The van der Waals surface area contributed by atoms with Crippen LogP contribution >= 0.6 is 0 Å². The molecule has 1 amide bonds. The fourth-order valence-electron chi connectivity index (χ4n) is 1.98. The van der Waals surface area contributed by atoms with Crippen LogP contribution in [-0.2, 0) is 19.9 Å². The van der Waals surface area contributed by atoms with Crippen LogP contribution in [0.5, 0.6) is 0 Å². The molecule has 0 radical (unpaired) electrons. The maximum absolute atomic E-state index is 12.1. The van der Waals surface area contributed by atoms with Crippen LogP contribution in [0.1, 0.15) is 28.7 Å². The summed E-state index contributed by atoms with van der Waals surface area (Å²) in [5.41, 5.74) is 8.15. The van der Waals surface area contributed by atoms with Gasteiger partial charge in [-0.05, 0) is 24.6 Å². The number of rotatable bonds is 5. The number of anilines is 1. The van der Waals surface area contributed by atoms with E-state index in [0.29, 0.717) is 17.9 Å². The van der Waals surface area contributed by atoms with Crippen molar-refractivity contribution < 1.29 is 4.79 Å². The van der Waals surface area contributed by atoms with Crippen molar-refractivity contribution in [3.8, 4) is 0 Å². The molecule has 0 aromatic carbocycles. The number of amides is 1. The fourth-order valence-corrected chi connectivity index (χ4v) is 1.98. The number of nitrogens with one attached hydrogen (secondary N) is 1. The minimum Gasteiger partial charge on any atom is -0.384 e. The molecule has 2 aromatic heterocycles. The lowest BCUT2D eigenvalue weighted by Crippen LogP contribution is -2.26. The van der Waals surface area contributed by atoms with Crippen LogP contribution in [0, 0.1) is 0 Å². The lowest BCUT2D eigenvalue weighted by Gasteiger charge is -2.07. The van der Waals surface area contributed by atoms with E-state index in [4.69, 9.17) is 5.73 Å². The van der Waals surface area contributed by atoms with Gasteiger partial charge >= 0.3 is 0 Å². The SMILES string of the molecule is CCc1cc(C(=O)NCCc2ccnn2C)cc(N)n1. The number of pyridine rings is 1. The van der Waals surface area contributed by atoms with E-state index in [0.717, 1.165) is 24.2 Å². The van der Waals surface area contributed by atoms with Gasteiger partial charge in [0.25, 0.3) is 5.91 Å². The third-order valence-corrected chi connectivity index (χ3v) is 3.11. The molecule has 2 aromatic rings. The summed E-state index contributed by atoms with van der Waals surface area (Å²) in [6.07, 6.45) is 3.23. The van der Waals surface area contributed by atoms with Crippen molar-refractivity contribution in [3.05, 3.63) is 41.3 Å². The number of nitrogens with two attached hydrogens (primary N) is 1. The van der Waals surface area contributed by atoms with Gasteiger partial charge in [-0.15, -0.1) is 0 Å². The predicted octanol–water partition coefficient (Wildman–Crippen LogP) is 0.932. The number of aromatic nitrogens is 3. The molecule has 0 saturated heterocycles. The molecule has 3 N–H and O–H groups in total. The topological polar surface area (TPSA) is 85.8 Å². The van der Waals surface area contributed by atoms with Crippen molar-refractivity contribution in [2.24, 2.45) is 7.05 Å². The maximum Gasteiger partial charge on any atom is 0.251 e. The average molecular weight is 273 g/mol. The second kappa shape index (κ2) is 6.18. The quantitative estimate of drug-likeness (QED) is 0.848. The van der Waals surface area contributed by atoms with Crippen LogP contribution in [0.2, 0.25) is 0 Å². The summed E-state index contributed by atoms with van der Waals surface area (Å²) in [5.74, 6) is 0.247. The summed E-state index contributed by atoms with van der Waals surface area (Å²) in [6, 6.07) is 5.31. The lowest BCUT2D eigenvalue weighted by atomic mass is 10.2. The van der Waals surface area contributed by atoms with Gasteiger partial charge in [0.05, 0.1) is 0 Å². The standard InChI is InChI=1S/C14H19N5O/c1-3-11-8-10(9-13(15)18-11)14(20)16-6-4-12-5-7-17-19(12)2/h5,7-9H,3-4,6H2,1-2H3,(H2,15,18)(H,16,20). The highest BCUT2D eigenvalue weighted by Crippen LogP contribution is 2.08. The number of carbonyl (C=O) groups excluding carboxylic acids is 1. The van der Waals surface area contributed by atoms with Gasteiger partial charge in [0.15, 0.2) is 0 Å². The molecule has 20 heavy (non-hydrogen) atoms. The van der Waals surface area contributed by atoms with E-state index >= 15 is 0 Å². The molecular weight excluding hydrogens is 254 g/mol. The first kappa shape index (κ1) is 14.0. The summed E-state index contributed by atoms with van der Waals surface area (Å²) < 4.78 is 1.80. The number of nitrogens with zero attached hydrogens (tertiary/aromatic N) is 3. The van der Waals surface area contributed by atoms with E-state index in [1.807, 2.05) is 20.0 Å². The van der Waals surface area contributed by atoms with Crippen molar-refractivity contribution in [2.75, 3.05) is 12.3 Å². The zero-order chi connectivity index (χ0) is 14.5. The van der Waals surface area contributed by atoms with Gasteiger partial charge in [0, 0.05) is 43.2 Å². The van der Waals surface area contributed by atoms with E-state index in [9.17, 15) is 4.79 Å². The van der Waals surface area contributed by atoms with Crippen LogP contribution in [0.3, 0.4) is 0 Å². The number of carbonyl (C=O) groups is 1. The van der Waals surface area contributed by atoms with Gasteiger partial charge < -0.3 is 11.1 Å². The Morgan fingerprint density at radius 2 is 2.25 bits per heavy atom. The summed E-state index contributed by atoms with van der Waals surface area (Å²) >= 11 is 0. The Morgan fingerprint density at radius 3 is 2.90 bits per heavy atom. The molecule has 0 atom stereocenters. The van der Waals surface area contributed by atoms with Gasteiger partial charge in [-0.3, -0.25) is 9.48 Å². The summed E-state index contributed by atoms with van der Waals surface area (Å²) in [5, 5.41) is 6.97. The van der Waals surface area contributed by atoms with Crippen molar-refractivity contribution in [1.29, 1.82) is 0 Å². The first-order chi connectivity index (χ1) is 9.60.